The Morgan fingerprint density at radius 3 is 2.53 bits per heavy atom. The number of nitrogens with one attached hydrogen (secondary N) is 1. The van der Waals surface area contributed by atoms with E-state index in [1.54, 1.807) is 34.1 Å². The Hall–Kier alpha value is -3.39. The molecule has 32 heavy (non-hydrogen) atoms. The number of amides is 3. The molecule has 0 aromatic heterocycles. The smallest absolute Gasteiger partial charge is 0.256 e. The molecule has 8 nitrogen and oxygen atoms in total. The van der Waals surface area contributed by atoms with E-state index in [-0.39, 0.29) is 30.7 Å². The zero-order valence-corrected chi connectivity index (χ0v) is 18.1. The molecule has 0 unspecified atom stereocenters. The highest BCUT2D eigenvalue weighted by Gasteiger charge is 2.35. The van der Waals surface area contributed by atoms with Gasteiger partial charge in [0.05, 0.1) is 37.0 Å². The van der Waals surface area contributed by atoms with Crippen molar-refractivity contribution in [2.24, 2.45) is 5.92 Å². The highest BCUT2D eigenvalue weighted by Crippen LogP contribution is 2.28. The fraction of sp³-hybridized carbons (Fsp3) is 0.375. The molecule has 2 heterocycles. The summed E-state index contributed by atoms with van der Waals surface area (Å²) in [7, 11) is 0. The third-order valence-electron chi connectivity index (χ3n) is 5.67. The van der Waals surface area contributed by atoms with E-state index >= 15 is 0 Å². The summed E-state index contributed by atoms with van der Waals surface area (Å²) in [6, 6.07) is 14.2. The average molecular weight is 437 g/mol. The summed E-state index contributed by atoms with van der Waals surface area (Å²) in [6.07, 6.45) is 0.124. The second kappa shape index (κ2) is 9.82. The molecule has 4 rings (SSSR count). The minimum atomic E-state index is -0.499. The van der Waals surface area contributed by atoms with Crippen molar-refractivity contribution in [2.75, 3.05) is 49.7 Å². The lowest BCUT2D eigenvalue weighted by atomic mass is 10.1. The highest BCUT2D eigenvalue weighted by molar-refractivity contribution is 6.07. The quantitative estimate of drug-likeness (QED) is 0.750. The van der Waals surface area contributed by atoms with Gasteiger partial charge in [-0.2, -0.15) is 0 Å². The van der Waals surface area contributed by atoms with E-state index in [0.717, 1.165) is 11.4 Å². The van der Waals surface area contributed by atoms with Crippen molar-refractivity contribution in [2.45, 2.75) is 13.3 Å². The van der Waals surface area contributed by atoms with E-state index in [2.05, 4.69) is 5.32 Å². The lowest BCUT2D eigenvalue weighted by molar-refractivity contribution is -0.122. The highest BCUT2D eigenvalue weighted by atomic mass is 16.5. The maximum absolute atomic E-state index is 13.0. The van der Waals surface area contributed by atoms with Crippen LogP contribution in [0, 0.1) is 5.92 Å². The van der Waals surface area contributed by atoms with Gasteiger partial charge in [0.15, 0.2) is 0 Å². The Balaban J connectivity index is 1.43. The van der Waals surface area contributed by atoms with Crippen LogP contribution in [0.4, 0.5) is 11.4 Å². The van der Waals surface area contributed by atoms with Crippen molar-refractivity contribution in [1.82, 2.24) is 4.90 Å². The molecule has 3 amide bonds. The molecule has 0 saturated carbocycles. The Morgan fingerprint density at radius 2 is 1.81 bits per heavy atom. The second-order valence-corrected chi connectivity index (χ2v) is 7.77. The number of ether oxygens (including phenoxy) is 2. The zero-order chi connectivity index (χ0) is 22.5. The Kier molecular flexibility index (Phi) is 6.70. The van der Waals surface area contributed by atoms with E-state index in [1.807, 2.05) is 31.2 Å². The predicted molar refractivity (Wildman–Crippen MR) is 120 cm³/mol. The van der Waals surface area contributed by atoms with Crippen molar-refractivity contribution in [3.8, 4) is 5.75 Å². The summed E-state index contributed by atoms with van der Waals surface area (Å²) in [5, 5.41) is 2.87. The first-order valence-electron chi connectivity index (χ1n) is 10.9. The predicted octanol–water partition coefficient (Wildman–Crippen LogP) is 2.55. The van der Waals surface area contributed by atoms with Gasteiger partial charge >= 0.3 is 0 Å². The lowest BCUT2D eigenvalue weighted by Gasteiger charge is -2.27. The Labute approximate surface area is 187 Å². The van der Waals surface area contributed by atoms with Crippen LogP contribution >= 0.6 is 0 Å². The topological polar surface area (TPSA) is 88.2 Å². The van der Waals surface area contributed by atoms with Gasteiger partial charge in [0.2, 0.25) is 11.8 Å². The third kappa shape index (κ3) is 4.75. The number of carbonyl (C=O) groups excluding carboxylic acids is 3. The Morgan fingerprint density at radius 1 is 1.09 bits per heavy atom. The number of nitrogens with zero attached hydrogens (tertiary/aromatic N) is 2. The van der Waals surface area contributed by atoms with Crippen LogP contribution in [0.3, 0.4) is 0 Å². The van der Waals surface area contributed by atoms with Crippen LogP contribution in [0.25, 0.3) is 0 Å². The van der Waals surface area contributed by atoms with Crippen LogP contribution in [0.5, 0.6) is 5.75 Å². The minimum absolute atomic E-state index is 0.105. The molecule has 2 fully saturated rings. The summed E-state index contributed by atoms with van der Waals surface area (Å²) in [4.78, 5) is 41.8. The molecule has 1 N–H and O–H groups in total. The van der Waals surface area contributed by atoms with Gasteiger partial charge in [0.1, 0.15) is 5.75 Å². The zero-order valence-electron chi connectivity index (χ0n) is 18.1. The molecule has 0 spiro atoms. The molecule has 2 aliphatic heterocycles. The fourth-order valence-electron chi connectivity index (χ4n) is 3.97. The van der Waals surface area contributed by atoms with Gasteiger partial charge < -0.3 is 24.6 Å². The number of hydrogen-bond donors (Lipinski definition) is 1. The fourth-order valence-corrected chi connectivity index (χ4v) is 3.97. The minimum Gasteiger partial charge on any atom is -0.494 e. The molecule has 0 radical (unpaired) electrons. The van der Waals surface area contributed by atoms with E-state index in [0.29, 0.717) is 44.2 Å². The van der Waals surface area contributed by atoms with Crippen molar-refractivity contribution >= 4 is 29.1 Å². The number of anilines is 2. The first-order valence-corrected chi connectivity index (χ1v) is 10.9. The monoisotopic (exact) mass is 437 g/mol. The van der Waals surface area contributed by atoms with Crippen LogP contribution in [0.1, 0.15) is 23.7 Å². The maximum Gasteiger partial charge on any atom is 0.256 e. The molecule has 168 valence electrons. The van der Waals surface area contributed by atoms with Crippen molar-refractivity contribution in [3.05, 3.63) is 54.1 Å². The van der Waals surface area contributed by atoms with Gasteiger partial charge in [0.25, 0.3) is 5.91 Å². The van der Waals surface area contributed by atoms with Gasteiger partial charge in [0, 0.05) is 31.7 Å². The van der Waals surface area contributed by atoms with Gasteiger partial charge in [-0.3, -0.25) is 14.4 Å². The summed E-state index contributed by atoms with van der Waals surface area (Å²) in [5.74, 6) is -0.275. The van der Waals surface area contributed by atoms with Gasteiger partial charge in [-0.15, -0.1) is 0 Å². The van der Waals surface area contributed by atoms with E-state index in [4.69, 9.17) is 9.47 Å². The van der Waals surface area contributed by atoms with E-state index < -0.39 is 5.92 Å². The molecule has 0 bridgehead atoms. The molecule has 2 aliphatic rings. The second-order valence-electron chi connectivity index (χ2n) is 7.77. The molecule has 2 saturated heterocycles. The normalized spacial score (nSPS) is 18.5. The molecule has 2 aromatic rings. The van der Waals surface area contributed by atoms with Crippen LogP contribution < -0.4 is 15.0 Å². The molecule has 8 heteroatoms. The first kappa shape index (κ1) is 21.8. The maximum atomic E-state index is 13.0. The Bertz CT molecular complexity index is 985. The standard InChI is InChI=1S/C24H27N3O5/c1-2-32-19-9-7-18(8-10-19)27-16-17(15-22(27)28)23(29)25-21-6-4-3-5-20(21)24(30)26-11-13-31-14-12-26/h3-10,17H,2,11-16H2,1H3,(H,25,29)/t17-/m1/s1. The molecule has 1 atom stereocenters. The number of rotatable bonds is 6. The van der Waals surface area contributed by atoms with Crippen LogP contribution in [0.15, 0.2) is 48.5 Å². The summed E-state index contributed by atoms with van der Waals surface area (Å²) >= 11 is 0. The molecular weight excluding hydrogens is 410 g/mol. The van der Waals surface area contributed by atoms with Crippen LogP contribution in [-0.4, -0.2) is 62.1 Å². The number of hydrogen-bond acceptors (Lipinski definition) is 5. The summed E-state index contributed by atoms with van der Waals surface area (Å²) in [5.41, 5.74) is 1.63. The number of benzene rings is 2. The van der Waals surface area contributed by atoms with E-state index in [1.165, 1.54) is 0 Å². The van der Waals surface area contributed by atoms with Crippen molar-refractivity contribution < 1.29 is 23.9 Å². The third-order valence-corrected chi connectivity index (χ3v) is 5.67. The van der Waals surface area contributed by atoms with Crippen molar-refractivity contribution in [1.29, 1.82) is 0 Å². The molecular formula is C24H27N3O5. The van der Waals surface area contributed by atoms with Gasteiger partial charge in [-0.25, -0.2) is 0 Å². The number of carbonyl (C=O) groups is 3. The number of morpholine rings is 1. The first-order chi connectivity index (χ1) is 15.6. The van der Waals surface area contributed by atoms with Gasteiger partial charge in [-0.1, -0.05) is 12.1 Å². The van der Waals surface area contributed by atoms with Crippen LogP contribution in [-0.2, 0) is 14.3 Å². The lowest BCUT2D eigenvalue weighted by Crippen LogP contribution is -2.41. The summed E-state index contributed by atoms with van der Waals surface area (Å²) < 4.78 is 10.8. The summed E-state index contributed by atoms with van der Waals surface area (Å²) in [6.45, 7) is 4.83. The SMILES string of the molecule is CCOc1ccc(N2C[C@H](C(=O)Nc3ccccc3C(=O)N3CCOCC3)CC2=O)cc1. The van der Waals surface area contributed by atoms with E-state index in [9.17, 15) is 14.4 Å². The number of para-hydroxylation sites is 1. The molecule has 0 aliphatic carbocycles. The van der Waals surface area contributed by atoms with Crippen LogP contribution in [0.2, 0.25) is 0 Å². The van der Waals surface area contributed by atoms with Crippen molar-refractivity contribution in [3.63, 3.8) is 0 Å². The molecule has 2 aromatic carbocycles. The largest absolute Gasteiger partial charge is 0.494 e. The van der Waals surface area contributed by atoms with Gasteiger partial charge in [-0.05, 0) is 43.3 Å². The average Bonchev–Trinajstić information content (AvgIpc) is 3.22.